The summed E-state index contributed by atoms with van der Waals surface area (Å²) < 4.78 is 10.3. The average Bonchev–Trinajstić information content (AvgIpc) is 2.95. The van der Waals surface area contributed by atoms with Gasteiger partial charge in [-0.15, -0.1) is 10.2 Å². The molecule has 0 bridgehead atoms. The van der Waals surface area contributed by atoms with E-state index in [0.29, 0.717) is 28.7 Å². The van der Waals surface area contributed by atoms with Crippen molar-refractivity contribution in [3.8, 4) is 11.5 Å². The average molecular weight is 324 g/mol. The number of carbonyl (C=O) groups is 1. The third kappa shape index (κ3) is 2.91. The van der Waals surface area contributed by atoms with E-state index in [1.165, 1.54) is 14.2 Å². The smallest absolute Gasteiger partial charge is 0.295 e. The highest BCUT2D eigenvalue weighted by Gasteiger charge is 2.11. The number of hydrogen-bond acceptors (Lipinski definition) is 5. The van der Waals surface area contributed by atoms with Gasteiger partial charge in [0.15, 0.2) is 5.82 Å². The molecule has 0 radical (unpaired) electrons. The van der Waals surface area contributed by atoms with Gasteiger partial charge in [0.1, 0.15) is 17.3 Å². The second kappa shape index (κ2) is 6.41. The molecule has 3 rings (SSSR count). The number of aromatic nitrogens is 1. The number of aromatic amines is 1. The number of fused-ring (bicyclic) bond motifs is 1. The summed E-state index contributed by atoms with van der Waals surface area (Å²) in [6, 6.07) is 12.3. The van der Waals surface area contributed by atoms with Crippen LogP contribution in [0.2, 0.25) is 0 Å². The van der Waals surface area contributed by atoms with Crippen LogP contribution in [0.4, 0.5) is 11.6 Å². The molecule has 0 saturated heterocycles. The predicted molar refractivity (Wildman–Crippen MR) is 91.1 cm³/mol. The van der Waals surface area contributed by atoms with Gasteiger partial charge in [-0.05, 0) is 12.1 Å². The molecule has 3 aromatic rings. The zero-order chi connectivity index (χ0) is 17.1. The Morgan fingerprint density at radius 2 is 1.67 bits per heavy atom. The summed E-state index contributed by atoms with van der Waals surface area (Å²) in [5, 5.41) is 9.40. The molecule has 0 saturated carbocycles. The number of carbonyl (C=O) groups excluding carboxylic acids is 1. The highest BCUT2D eigenvalue weighted by Crippen LogP contribution is 2.30. The van der Waals surface area contributed by atoms with Gasteiger partial charge in [-0.25, -0.2) is 0 Å². The van der Waals surface area contributed by atoms with Crippen molar-refractivity contribution >= 4 is 28.3 Å². The number of H-pyrrole nitrogens is 1. The van der Waals surface area contributed by atoms with E-state index in [0.717, 1.165) is 10.8 Å². The monoisotopic (exact) mass is 324 g/mol. The molecule has 1 amide bonds. The molecule has 24 heavy (non-hydrogen) atoms. The molecule has 0 aliphatic heterocycles. The second-order valence-corrected chi connectivity index (χ2v) is 5.04. The minimum atomic E-state index is -0.510. The molecule has 0 fully saturated rings. The fourth-order valence-corrected chi connectivity index (χ4v) is 2.35. The first-order valence-corrected chi connectivity index (χ1v) is 7.17. The lowest BCUT2D eigenvalue weighted by Gasteiger charge is -2.05. The van der Waals surface area contributed by atoms with Gasteiger partial charge in [-0.3, -0.25) is 4.79 Å². The number of amides is 1. The fourth-order valence-electron chi connectivity index (χ4n) is 2.35. The molecule has 0 aliphatic carbocycles. The highest BCUT2D eigenvalue weighted by molar-refractivity contribution is 6.00. The van der Waals surface area contributed by atoms with E-state index in [1.807, 2.05) is 24.3 Å². The lowest BCUT2D eigenvalue weighted by molar-refractivity contribution is 0.0994. The summed E-state index contributed by atoms with van der Waals surface area (Å²) >= 11 is 0. The molecule has 2 aromatic carbocycles. The van der Waals surface area contributed by atoms with Crippen LogP contribution in [0.1, 0.15) is 10.4 Å². The topological polar surface area (TPSA) is 102 Å². The largest absolute Gasteiger partial charge is 0.497 e. The molecule has 0 unspecified atom stereocenters. The molecule has 1 aromatic heterocycles. The lowest BCUT2D eigenvalue weighted by Crippen LogP contribution is -1.97. The Morgan fingerprint density at radius 3 is 2.29 bits per heavy atom. The van der Waals surface area contributed by atoms with Gasteiger partial charge in [0.2, 0.25) is 0 Å². The van der Waals surface area contributed by atoms with Gasteiger partial charge >= 0.3 is 0 Å². The first-order valence-electron chi connectivity index (χ1n) is 7.17. The summed E-state index contributed by atoms with van der Waals surface area (Å²) in [5.74, 6) is 1.41. The maximum atomic E-state index is 12.3. The number of rotatable bonds is 4. The van der Waals surface area contributed by atoms with Crippen molar-refractivity contribution in [2.45, 2.75) is 0 Å². The summed E-state index contributed by atoms with van der Waals surface area (Å²) in [6.07, 6.45) is 0. The predicted octanol–water partition coefficient (Wildman–Crippen LogP) is 3.69. The molecule has 0 spiro atoms. The number of benzene rings is 2. The van der Waals surface area contributed by atoms with Gasteiger partial charge in [0.25, 0.3) is 5.91 Å². The number of nitrogen functional groups attached to an aromatic ring is 1. The number of ether oxygens (including phenoxy) is 2. The van der Waals surface area contributed by atoms with Gasteiger partial charge in [0.05, 0.1) is 19.8 Å². The zero-order valence-electron chi connectivity index (χ0n) is 13.2. The summed E-state index contributed by atoms with van der Waals surface area (Å²) in [6.45, 7) is 0. The van der Waals surface area contributed by atoms with Crippen molar-refractivity contribution in [3.05, 3.63) is 48.0 Å². The number of anilines is 1. The normalized spacial score (nSPS) is 11.1. The minimum absolute atomic E-state index is 0.318. The van der Waals surface area contributed by atoms with Crippen LogP contribution in [0.15, 0.2) is 52.7 Å². The number of nitrogens with one attached hydrogen (secondary N) is 1. The summed E-state index contributed by atoms with van der Waals surface area (Å²) in [7, 11) is 3.02. The molecule has 122 valence electrons. The fraction of sp³-hybridized carbons (Fsp3) is 0.118. The first kappa shape index (κ1) is 15.5. The molecule has 3 N–H and O–H groups in total. The van der Waals surface area contributed by atoms with Crippen LogP contribution in [0, 0.1) is 0 Å². The van der Waals surface area contributed by atoms with Gasteiger partial charge in [-0.1, -0.05) is 24.3 Å². The Hall–Kier alpha value is -3.35. The summed E-state index contributed by atoms with van der Waals surface area (Å²) in [4.78, 5) is 15.2. The maximum absolute atomic E-state index is 12.3. The third-order valence-electron chi connectivity index (χ3n) is 3.56. The van der Waals surface area contributed by atoms with Crippen LogP contribution < -0.4 is 15.2 Å². The number of nitrogens with two attached hydrogens (primary N) is 1. The molecule has 0 aliphatic rings. The van der Waals surface area contributed by atoms with Crippen molar-refractivity contribution in [2.24, 2.45) is 10.2 Å². The van der Waals surface area contributed by atoms with Crippen LogP contribution in [-0.4, -0.2) is 25.1 Å². The third-order valence-corrected chi connectivity index (χ3v) is 3.56. The van der Waals surface area contributed by atoms with Crippen LogP contribution in [0.5, 0.6) is 11.5 Å². The van der Waals surface area contributed by atoms with E-state index in [1.54, 1.807) is 18.2 Å². The number of nitrogens with zero attached hydrogens (tertiary/aromatic N) is 2. The van der Waals surface area contributed by atoms with Crippen LogP contribution in [-0.2, 0) is 0 Å². The van der Waals surface area contributed by atoms with E-state index in [-0.39, 0.29) is 0 Å². The Morgan fingerprint density at radius 1 is 1.04 bits per heavy atom. The highest BCUT2D eigenvalue weighted by atomic mass is 16.5. The Bertz CT molecular complexity index is 908. The van der Waals surface area contributed by atoms with E-state index in [2.05, 4.69) is 15.2 Å². The Labute approximate surface area is 138 Å². The van der Waals surface area contributed by atoms with Crippen molar-refractivity contribution in [1.82, 2.24) is 4.98 Å². The SMILES string of the molecule is COc1cc(OC)cc(C(=O)N=Nc2[nH]c(N)c3ccccc23)c1. The minimum Gasteiger partial charge on any atom is -0.497 e. The zero-order valence-corrected chi connectivity index (χ0v) is 13.2. The standard InChI is InChI=1S/C17H16N4O3/c1-23-11-7-10(8-12(9-11)24-2)17(22)21-20-16-14-6-4-3-5-13(14)15(18)19-16/h3-9,19H,18H2,1-2H3. The number of azo groups is 1. The molecular weight excluding hydrogens is 308 g/mol. The molecule has 1 heterocycles. The molecule has 7 heteroatoms. The Balaban J connectivity index is 1.92. The van der Waals surface area contributed by atoms with Crippen LogP contribution >= 0.6 is 0 Å². The van der Waals surface area contributed by atoms with Crippen LogP contribution in [0.3, 0.4) is 0 Å². The second-order valence-electron chi connectivity index (χ2n) is 5.04. The van der Waals surface area contributed by atoms with Gasteiger partial charge in [0, 0.05) is 16.8 Å². The van der Waals surface area contributed by atoms with Crippen molar-refractivity contribution in [3.63, 3.8) is 0 Å². The first-order chi connectivity index (χ1) is 11.6. The van der Waals surface area contributed by atoms with E-state index in [9.17, 15) is 4.79 Å². The van der Waals surface area contributed by atoms with E-state index >= 15 is 0 Å². The van der Waals surface area contributed by atoms with Crippen molar-refractivity contribution in [1.29, 1.82) is 0 Å². The summed E-state index contributed by atoms with van der Waals surface area (Å²) in [5.41, 5.74) is 6.21. The van der Waals surface area contributed by atoms with E-state index < -0.39 is 5.91 Å². The molecule has 0 atom stereocenters. The number of hydrogen-bond donors (Lipinski definition) is 2. The van der Waals surface area contributed by atoms with Crippen molar-refractivity contribution < 1.29 is 14.3 Å². The quantitative estimate of drug-likeness (QED) is 0.714. The Kier molecular flexibility index (Phi) is 4.15. The molecule has 7 nitrogen and oxygen atoms in total. The van der Waals surface area contributed by atoms with Gasteiger partial charge < -0.3 is 20.2 Å². The van der Waals surface area contributed by atoms with Crippen molar-refractivity contribution in [2.75, 3.05) is 20.0 Å². The van der Waals surface area contributed by atoms with E-state index in [4.69, 9.17) is 15.2 Å². The molecular formula is C17H16N4O3. The maximum Gasteiger partial charge on any atom is 0.295 e. The lowest BCUT2D eigenvalue weighted by atomic mass is 10.2. The van der Waals surface area contributed by atoms with Crippen LogP contribution in [0.25, 0.3) is 10.8 Å². The van der Waals surface area contributed by atoms with Gasteiger partial charge in [-0.2, -0.15) is 0 Å². The number of methoxy groups -OCH3 is 2.